The van der Waals surface area contributed by atoms with Gasteiger partial charge in [-0.2, -0.15) is 0 Å². The minimum absolute atomic E-state index is 0.108. The summed E-state index contributed by atoms with van der Waals surface area (Å²) in [6, 6.07) is 6.49. The number of aryl methyl sites for hydroxylation is 1. The van der Waals surface area contributed by atoms with Crippen LogP contribution in [0.1, 0.15) is 33.8 Å². The maximum absolute atomic E-state index is 12.0. The number of hydrogen-bond acceptors (Lipinski definition) is 2. The van der Waals surface area contributed by atoms with Gasteiger partial charge in [0.1, 0.15) is 0 Å². The lowest BCUT2D eigenvalue weighted by molar-refractivity contribution is 0.0904. The summed E-state index contributed by atoms with van der Waals surface area (Å²) in [6.45, 7) is 3.99. The third-order valence-corrected chi connectivity index (χ3v) is 3.73. The molecule has 1 aromatic rings. The predicted molar refractivity (Wildman–Crippen MR) is 62.7 cm³/mol. The molecule has 1 fully saturated rings. The Morgan fingerprint density at radius 1 is 1.38 bits per heavy atom. The molecule has 0 saturated carbocycles. The average Bonchev–Trinajstić information content (AvgIpc) is 2.29. The third-order valence-electron chi connectivity index (χ3n) is 3.73. The number of piperidine rings is 1. The van der Waals surface area contributed by atoms with E-state index in [1.807, 2.05) is 13.0 Å². The summed E-state index contributed by atoms with van der Waals surface area (Å²) in [4.78, 5) is 12.0. The van der Waals surface area contributed by atoms with Gasteiger partial charge in [0.2, 0.25) is 0 Å². The molecule has 2 heterocycles. The molecule has 84 valence electrons. The zero-order valence-electron chi connectivity index (χ0n) is 9.42. The molecule has 1 aromatic carbocycles. The lowest BCUT2D eigenvalue weighted by Gasteiger charge is -2.38. The van der Waals surface area contributed by atoms with E-state index < -0.39 is 0 Å². The summed E-state index contributed by atoms with van der Waals surface area (Å²) in [5.41, 5.74) is 3.20. The van der Waals surface area contributed by atoms with Crippen molar-refractivity contribution in [2.45, 2.75) is 25.3 Å². The van der Waals surface area contributed by atoms with Crippen LogP contribution in [0.25, 0.3) is 0 Å². The molecule has 1 saturated heterocycles. The number of benzene rings is 1. The Kier molecular flexibility index (Phi) is 2.21. The van der Waals surface area contributed by atoms with Crippen molar-refractivity contribution >= 4 is 5.91 Å². The topological polar surface area (TPSA) is 41.1 Å². The Morgan fingerprint density at radius 3 is 3.12 bits per heavy atom. The Bertz CT molecular complexity index is 442. The van der Waals surface area contributed by atoms with E-state index >= 15 is 0 Å². The minimum atomic E-state index is 0.108. The summed E-state index contributed by atoms with van der Waals surface area (Å²) in [5.74, 6) is 0.553. The van der Waals surface area contributed by atoms with Crippen molar-refractivity contribution in [1.29, 1.82) is 0 Å². The van der Waals surface area contributed by atoms with Crippen LogP contribution in [0.2, 0.25) is 0 Å². The minimum Gasteiger partial charge on any atom is -0.349 e. The van der Waals surface area contributed by atoms with Gasteiger partial charge in [-0.05, 0) is 31.0 Å². The molecule has 3 heteroatoms. The van der Waals surface area contributed by atoms with E-state index in [1.165, 1.54) is 5.56 Å². The first-order valence-electron chi connectivity index (χ1n) is 5.88. The van der Waals surface area contributed by atoms with Crippen LogP contribution < -0.4 is 10.6 Å². The van der Waals surface area contributed by atoms with E-state index in [-0.39, 0.29) is 5.91 Å². The van der Waals surface area contributed by atoms with Gasteiger partial charge in [0, 0.05) is 24.1 Å². The highest BCUT2D eigenvalue weighted by Crippen LogP contribution is 2.32. The monoisotopic (exact) mass is 216 g/mol. The van der Waals surface area contributed by atoms with Crippen LogP contribution in [0.5, 0.6) is 0 Å². The van der Waals surface area contributed by atoms with Gasteiger partial charge in [-0.15, -0.1) is 0 Å². The fraction of sp³-hybridized carbons (Fsp3) is 0.462. The largest absolute Gasteiger partial charge is 0.349 e. The van der Waals surface area contributed by atoms with Crippen LogP contribution in [-0.2, 0) is 0 Å². The van der Waals surface area contributed by atoms with Gasteiger partial charge in [0.05, 0.1) is 0 Å². The van der Waals surface area contributed by atoms with Crippen molar-refractivity contribution < 1.29 is 4.79 Å². The Hall–Kier alpha value is -1.35. The molecular weight excluding hydrogens is 200 g/mol. The summed E-state index contributed by atoms with van der Waals surface area (Å²) in [5, 5.41) is 6.54. The fourth-order valence-electron chi connectivity index (χ4n) is 2.91. The summed E-state index contributed by atoms with van der Waals surface area (Å²) < 4.78 is 0. The maximum atomic E-state index is 12.0. The molecule has 16 heavy (non-hydrogen) atoms. The van der Waals surface area contributed by atoms with Gasteiger partial charge in [0.15, 0.2) is 0 Å². The number of fused-ring (bicyclic) bond motifs is 3. The number of rotatable bonds is 0. The molecule has 0 unspecified atom stereocenters. The Balaban J connectivity index is 2.11. The Morgan fingerprint density at radius 2 is 2.25 bits per heavy atom. The molecule has 3 nitrogen and oxygen atoms in total. The number of hydrogen-bond donors (Lipinski definition) is 2. The van der Waals surface area contributed by atoms with Crippen LogP contribution >= 0.6 is 0 Å². The lowest BCUT2D eigenvalue weighted by Crippen LogP contribution is -2.52. The maximum Gasteiger partial charge on any atom is 0.252 e. The smallest absolute Gasteiger partial charge is 0.252 e. The molecule has 0 radical (unpaired) electrons. The highest BCUT2D eigenvalue weighted by Gasteiger charge is 2.35. The summed E-state index contributed by atoms with van der Waals surface area (Å²) in [6.07, 6.45) is 1.03. The quantitative estimate of drug-likeness (QED) is 0.684. The van der Waals surface area contributed by atoms with Crippen LogP contribution in [0.4, 0.5) is 0 Å². The first-order chi connectivity index (χ1) is 7.77. The van der Waals surface area contributed by atoms with E-state index in [0.29, 0.717) is 12.0 Å². The van der Waals surface area contributed by atoms with Gasteiger partial charge >= 0.3 is 0 Å². The van der Waals surface area contributed by atoms with E-state index in [2.05, 4.69) is 22.8 Å². The number of carbonyl (C=O) groups is 1. The van der Waals surface area contributed by atoms with Crippen LogP contribution in [0.15, 0.2) is 18.2 Å². The third kappa shape index (κ3) is 1.35. The molecule has 0 spiro atoms. The van der Waals surface area contributed by atoms with Crippen molar-refractivity contribution in [3.05, 3.63) is 34.9 Å². The van der Waals surface area contributed by atoms with Gasteiger partial charge in [-0.3, -0.25) is 4.79 Å². The highest BCUT2D eigenvalue weighted by molar-refractivity contribution is 5.98. The first-order valence-corrected chi connectivity index (χ1v) is 5.88. The molecular formula is C13H16N2O. The van der Waals surface area contributed by atoms with Crippen molar-refractivity contribution in [3.8, 4) is 0 Å². The van der Waals surface area contributed by atoms with Gasteiger partial charge < -0.3 is 10.6 Å². The van der Waals surface area contributed by atoms with Crippen molar-refractivity contribution in [2.75, 3.05) is 13.1 Å². The molecule has 2 atom stereocenters. The fourth-order valence-corrected chi connectivity index (χ4v) is 2.91. The Labute approximate surface area is 95.2 Å². The molecule has 3 rings (SSSR count). The molecule has 2 aliphatic rings. The number of nitrogens with one attached hydrogen (secondary N) is 2. The second kappa shape index (κ2) is 3.59. The predicted octanol–water partition coefficient (Wildman–Crippen LogP) is 1.18. The summed E-state index contributed by atoms with van der Waals surface area (Å²) >= 11 is 0. The zero-order chi connectivity index (χ0) is 11.1. The molecule has 1 amide bonds. The van der Waals surface area contributed by atoms with Crippen LogP contribution in [0, 0.1) is 6.92 Å². The molecule has 2 aliphatic heterocycles. The molecule has 2 N–H and O–H groups in total. The van der Waals surface area contributed by atoms with Gasteiger partial charge in [-0.1, -0.05) is 18.2 Å². The first kappa shape index (κ1) is 9.85. The van der Waals surface area contributed by atoms with Gasteiger partial charge in [0.25, 0.3) is 5.91 Å². The second-order valence-corrected chi connectivity index (χ2v) is 4.72. The number of amides is 1. The standard InChI is InChI=1S/C13H16N2O/c1-8-3-2-4-9-10-7-14-6-5-11(10)15-13(16)12(8)9/h2-4,10-11,14H,5-7H2,1H3,(H,15,16)/t10-,11-/m1/s1. The van der Waals surface area contributed by atoms with E-state index in [9.17, 15) is 4.79 Å². The van der Waals surface area contributed by atoms with Crippen molar-refractivity contribution in [1.82, 2.24) is 10.6 Å². The average molecular weight is 216 g/mol. The SMILES string of the molecule is Cc1cccc2c1C(=O)N[C@@H]1CCNC[C@H]21. The van der Waals surface area contributed by atoms with E-state index in [1.54, 1.807) is 0 Å². The number of carbonyl (C=O) groups excluding carboxylic acids is 1. The van der Waals surface area contributed by atoms with Crippen LogP contribution in [-0.4, -0.2) is 25.0 Å². The van der Waals surface area contributed by atoms with E-state index in [0.717, 1.165) is 30.6 Å². The highest BCUT2D eigenvalue weighted by atomic mass is 16.1. The molecule has 0 bridgehead atoms. The molecule has 0 aromatic heterocycles. The lowest BCUT2D eigenvalue weighted by atomic mass is 9.80. The van der Waals surface area contributed by atoms with Gasteiger partial charge in [-0.25, -0.2) is 0 Å². The van der Waals surface area contributed by atoms with Crippen molar-refractivity contribution in [2.24, 2.45) is 0 Å². The van der Waals surface area contributed by atoms with E-state index in [4.69, 9.17) is 0 Å². The van der Waals surface area contributed by atoms with Crippen molar-refractivity contribution in [3.63, 3.8) is 0 Å². The zero-order valence-corrected chi connectivity index (χ0v) is 9.42. The van der Waals surface area contributed by atoms with Crippen LogP contribution in [0.3, 0.4) is 0 Å². The normalized spacial score (nSPS) is 27.9. The molecule has 0 aliphatic carbocycles. The second-order valence-electron chi connectivity index (χ2n) is 4.72. The summed E-state index contributed by atoms with van der Waals surface area (Å²) in [7, 11) is 0.